The minimum Gasteiger partial charge on any atom is -0.409 e. The standard InChI is InChI=1S/C10H19N3O/c1-2-9(10(11)13-14)12-8-6-4-3-5-7-8/h3-4,8-9,12,14H,2,5-7H2,1H3,(H2,11,13). The molecule has 1 aliphatic carbocycles. The number of oxime groups is 1. The molecule has 0 amide bonds. The van der Waals surface area contributed by atoms with Crippen LogP contribution >= 0.6 is 0 Å². The number of allylic oxidation sites excluding steroid dienone is 1. The summed E-state index contributed by atoms with van der Waals surface area (Å²) in [5, 5.41) is 15.0. The first-order chi connectivity index (χ1) is 6.77. The molecule has 1 aliphatic rings. The van der Waals surface area contributed by atoms with Crippen LogP contribution in [0.25, 0.3) is 0 Å². The predicted octanol–water partition coefficient (Wildman–Crippen LogP) is 1.21. The van der Waals surface area contributed by atoms with Gasteiger partial charge in [0.15, 0.2) is 5.84 Å². The molecular formula is C10H19N3O. The maximum absolute atomic E-state index is 8.57. The number of nitrogens with zero attached hydrogens (tertiary/aromatic N) is 1. The number of rotatable bonds is 4. The third kappa shape index (κ3) is 3.03. The van der Waals surface area contributed by atoms with E-state index in [1.807, 2.05) is 6.92 Å². The molecule has 80 valence electrons. The Kier molecular flexibility index (Phi) is 4.46. The Morgan fingerprint density at radius 1 is 1.71 bits per heavy atom. The Labute approximate surface area is 84.9 Å². The lowest BCUT2D eigenvalue weighted by molar-refractivity contribution is 0.312. The zero-order valence-corrected chi connectivity index (χ0v) is 8.61. The second-order valence-electron chi connectivity index (χ2n) is 3.63. The van der Waals surface area contributed by atoms with Crippen molar-refractivity contribution in [1.29, 1.82) is 0 Å². The molecule has 0 radical (unpaired) electrons. The summed E-state index contributed by atoms with van der Waals surface area (Å²) in [5.74, 6) is 0.280. The van der Waals surface area contributed by atoms with E-state index in [4.69, 9.17) is 10.9 Å². The van der Waals surface area contributed by atoms with E-state index in [1.54, 1.807) is 0 Å². The van der Waals surface area contributed by atoms with Crippen molar-refractivity contribution in [1.82, 2.24) is 5.32 Å². The maximum atomic E-state index is 8.57. The van der Waals surface area contributed by atoms with Gasteiger partial charge in [0.2, 0.25) is 0 Å². The fourth-order valence-electron chi connectivity index (χ4n) is 1.71. The van der Waals surface area contributed by atoms with Gasteiger partial charge in [0.1, 0.15) is 0 Å². The highest BCUT2D eigenvalue weighted by molar-refractivity contribution is 5.85. The van der Waals surface area contributed by atoms with Crippen LogP contribution in [0, 0.1) is 0 Å². The molecule has 0 saturated carbocycles. The average Bonchev–Trinajstić information content (AvgIpc) is 2.26. The number of amidine groups is 1. The van der Waals surface area contributed by atoms with Crippen molar-refractivity contribution in [2.75, 3.05) is 0 Å². The lowest BCUT2D eigenvalue weighted by Crippen LogP contribution is -2.46. The maximum Gasteiger partial charge on any atom is 0.156 e. The Hall–Kier alpha value is -1.03. The lowest BCUT2D eigenvalue weighted by Gasteiger charge is -2.24. The SMILES string of the molecule is CCC(NC1CC=CCC1)C(N)=NO. The van der Waals surface area contributed by atoms with E-state index in [-0.39, 0.29) is 11.9 Å². The predicted molar refractivity (Wildman–Crippen MR) is 57.4 cm³/mol. The van der Waals surface area contributed by atoms with Crippen molar-refractivity contribution in [3.8, 4) is 0 Å². The first-order valence-electron chi connectivity index (χ1n) is 5.16. The summed E-state index contributed by atoms with van der Waals surface area (Å²) in [5.41, 5.74) is 5.56. The van der Waals surface area contributed by atoms with Gasteiger partial charge in [-0.1, -0.05) is 24.2 Å². The molecule has 0 aromatic rings. The van der Waals surface area contributed by atoms with E-state index >= 15 is 0 Å². The molecule has 0 heterocycles. The molecule has 0 aromatic heterocycles. The zero-order chi connectivity index (χ0) is 10.4. The molecule has 14 heavy (non-hydrogen) atoms. The summed E-state index contributed by atoms with van der Waals surface area (Å²) < 4.78 is 0. The molecule has 2 atom stereocenters. The van der Waals surface area contributed by atoms with Crippen LogP contribution in [-0.4, -0.2) is 23.1 Å². The van der Waals surface area contributed by atoms with E-state index in [0.717, 1.165) is 25.7 Å². The molecule has 0 aliphatic heterocycles. The van der Waals surface area contributed by atoms with Gasteiger partial charge in [-0.15, -0.1) is 0 Å². The van der Waals surface area contributed by atoms with Crippen LogP contribution in [0.5, 0.6) is 0 Å². The van der Waals surface area contributed by atoms with Gasteiger partial charge in [-0.05, 0) is 25.7 Å². The van der Waals surface area contributed by atoms with E-state index in [9.17, 15) is 0 Å². The number of nitrogens with one attached hydrogen (secondary N) is 1. The van der Waals surface area contributed by atoms with Gasteiger partial charge in [0.25, 0.3) is 0 Å². The molecule has 4 heteroatoms. The summed E-state index contributed by atoms with van der Waals surface area (Å²) in [6.45, 7) is 2.02. The molecule has 4 N–H and O–H groups in total. The molecule has 0 bridgehead atoms. The second-order valence-corrected chi connectivity index (χ2v) is 3.63. The normalized spacial score (nSPS) is 24.9. The van der Waals surface area contributed by atoms with Crippen molar-refractivity contribution >= 4 is 5.84 Å². The highest BCUT2D eigenvalue weighted by Crippen LogP contribution is 2.11. The molecule has 0 fully saturated rings. The van der Waals surface area contributed by atoms with Crippen LogP contribution in [-0.2, 0) is 0 Å². The molecule has 0 aromatic carbocycles. The lowest BCUT2D eigenvalue weighted by atomic mass is 10.0. The summed E-state index contributed by atoms with van der Waals surface area (Å²) in [7, 11) is 0. The zero-order valence-electron chi connectivity index (χ0n) is 8.61. The molecule has 2 unspecified atom stereocenters. The van der Waals surface area contributed by atoms with Crippen molar-refractivity contribution in [2.45, 2.75) is 44.7 Å². The number of hydrogen-bond donors (Lipinski definition) is 3. The molecule has 0 spiro atoms. The number of hydrogen-bond acceptors (Lipinski definition) is 3. The van der Waals surface area contributed by atoms with Crippen molar-refractivity contribution in [3.63, 3.8) is 0 Å². The summed E-state index contributed by atoms with van der Waals surface area (Å²) in [6, 6.07) is 0.460. The fraction of sp³-hybridized carbons (Fsp3) is 0.700. The third-order valence-corrected chi connectivity index (χ3v) is 2.59. The third-order valence-electron chi connectivity index (χ3n) is 2.59. The molecule has 0 saturated heterocycles. The van der Waals surface area contributed by atoms with Gasteiger partial charge in [0.05, 0.1) is 6.04 Å². The highest BCUT2D eigenvalue weighted by atomic mass is 16.4. The Morgan fingerprint density at radius 2 is 2.50 bits per heavy atom. The second kappa shape index (κ2) is 5.65. The summed E-state index contributed by atoms with van der Waals surface area (Å²) in [6.07, 6.45) is 8.50. The first-order valence-corrected chi connectivity index (χ1v) is 5.16. The van der Waals surface area contributed by atoms with E-state index < -0.39 is 0 Å². The van der Waals surface area contributed by atoms with Crippen LogP contribution in [0.3, 0.4) is 0 Å². The van der Waals surface area contributed by atoms with Crippen LogP contribution < -0.4 is 11.1 Å². The van der Waals surface area contributed by atoms with Gasteiger partial charge >= 0.3 is 0 Å². The van der Waals surface area contributed by atoms with Crippen LogP contribution in [0.2, 0.25) is 0 Å². The van der Waals surface area contributed by atoms with E-state index in [1.165, 1.54) is 0 Å². The smallest absolute Gasteiger partial charge is 0.156 e. The van der Waals surface area contributed by atoms with Crippen LogP contribution in [0.4, 0.5) is 0 Å². The van der Waals surface area contributed by atoms with Gasteiger partial charge in [-0.25, -0.2) is 0 Å². The minimum atomic E-state index is -0.00324. The van der Waals surface area contributed by atoms with E-state index in [0.29, 0.717) is 6.04 Å². The molecular weight excluding hydrogens is 178 g/mol. The van der Waals surface area contributed by atoms with Gasteiger partial charge in [-0.3, -0.25) is 0 Å². The minimum absolute atomic E-state index is 0.00324. The van der Waals surface area contributed by atoms with E-state index in [2.05, 4.69) is 22.6 Å². The van der Waals surface area contributed by atoms with Gasteiger partial charge in [-0.2, -0.15) is 0 Å². The highest BCUT2D eigenvalue weighted by Gasteiger charge is 2.17. The average molecular weight is 197 g/mol. The van der Waals surface area contributed by atoms with Crippen molar-refractivity contribution < 1.29 is 5.21 Å². The summed E-state index contributed by atoms with van der Waals surface area (Å²) in [4.78, 5) is 0. The largest absolute Gasteiger partial charge is 0.409 e. The topological polar surface area (TPSA) is 70.6 Å². The Morgan fingerprint density at radius 3 is 3.00 bits per heavy atom. The Balaban J connectivity index is 2.43. The van der Waals surface area contributed by atoms with Crippen LogP contribution in [0.1, 0.15) is 32.6 Å². The number of nitrogens with two attached hydrogens (primary N) is 1. The van der Waals surface area contributed by atoms with Gasteiger partial charge in [0, 0.05) is 6.04 Å². The van der Waals surface area contributed by atoms with Gasteiger partial charge < -0.3 is 16.3 Å². The monoisotopic (exact) mass is 197 g/mol. The molecule has 4 nitrogen and oxygen atoms in total. The quantitative estimate of drug-likeness (QED) is 0.208. The first kappa shape index (κ1) is 11.0. The fourth-order valence-corrected chi connectivity index (χ4v) is 1.71. The molecule has 1 rings (SSSR count). The summed E-state index contributed by atoms with van der Waals surface area (Å²) >= 11 is 0. The van der Waals surface area contributed by atoms with Crippen LogP contribution in [0.15, 0.2) is 17.3 Å². The van der Waals surface area contributed by atoms with Crippen molar-refractivity contribution in [3.05, 3.63) is 12.2 Å². The van der Waals surface area contributed by atoms with Crippen molar-refractivity contribution in [2.24, 2.45) is 10.9 Å². The Bertz CT molecular complexity index is 225.